The number of likely N-dealkylation sites (N-methyl/N-ethyl adjacent to an activating group) is 1. The molecule has 3 aliphatic rings. The van der Waals surface area contributed by atoms with Gasteiger partial charge in [-0.3, -0.25) is 0 Å². The van der Waals surface area contributed by atoms with E-state index in [1.54, 1.807) is 0 Å². The van der Waals surface area contributed by atoms with Gasteiger partial charge in [0.1, 0.15) is 11.5 Å². The second-order valence-electron chi connectivity index (χ2n) is 14.3. The molecule has 45 heavy (non-hydrogen) atoms. The maximum Gasteiger partial charge on any atom is 0.133 e. The lowest BCUT2D eigenvalue weighted by molar-refractivity contribution is 0.435. The molecule has 6 rings (SSSR count). The summed E-state index contributed by atoms with van der Waals surface area (Å²) in [6.45, 7) is 17.2. The molecule has 0 bridgehead atoms. The maximum atomic E-state index is 6.71. The summed E-state index contributed by atoms with van der Waals surface area (Å²) < 4.78 is 6.71. The van der Waals surface area contributed by atoms with Crippen molar-refractivity contribution in [3.63, 3.8) is 0 Å². The zero-order valence-electron chi connectivity index (χ0n) is 28.6. The lowest BCUT2D eigenvalue weighted by Crippen LogP contribution is -2.40. The van der Waals surface area contributed by atoms with Crippen LogP contribution < -0.4 is 14.5 Å². The third kappa shape index (κ3) is 5.67. The highest BCUT2D eigenvalue weighted by Crippen LogP contribution is 2.48. The van der Waals surface area contributed by atoms with E-state index in [1.165, 1.54) is 63.3 Å². The predicted octanol–water partition coefficient (Wildman–Crippen LogP) is 10.5. The smallest absolute Gasteiger partial charge is 0.133 e. The first-order valence-electron chi connectivity index (χ1n) is 16.8. The highest BCUT2D eigenvalue weighted by Gasteiger charge is 2.43. The number of unbranched alkanes of at least 4 members (excludes halogenated alkanes) is 1. The van der Waals surface area contributed by atoms with Gasteiger partial charge in [-0.2, -0.15) is 0 Å². The van der Waals surface area contributed by atoms with Gasteiger partial charge in [0.25, 0.3) is 0 Å². The molecule has 234 valence electrons. The topological polar surface area (TPSA) is 15.7 Å². The van der Waals surface area contributed by atoms with Crippen molar-refractivity contribution in [2.75, 3.05) is 23.4 Å². The molecule has 0 fully saturated rings. The van der Waals surface area contributed by atoms with E-state index in [2.05, 4.69) is 138 Å². The normalized spacial score (nSPS) is 21.8. The molecule has 3 aromatic carbocycles. The quantitative estimate of drug-likeness (QED) is 0.257. The summed E-state index contributed by atoms with van der Waals surface area (Å²) in [4.78, 5) is 5.00. The molecule has 2 heterocycles. The predicted molar refractivity (Wildman–Crippen MR) is 191 cm³/mol. The zero-order chi connectivity index (χ0) is 31.9. The van der Waals surface area contributed by atoms with Crippen LogP contribution in [0, 0.1) is 13.8 Å². The minimum Gasteiger partial charge on any atom is -0.457 e. The van der Waals surface area contributed by atoms with Gasteiger partial charge in [0, 0.05) is 41.5 Å². The monoisotopic (exact) mass is 598 g/mol. The van der Waals surface area contributed by atoms with E-state index in [0.717, 1.165) is 30.9 Å². The second kappa shape index (κ2) is 12.1. The lowest BCUT2D eigenvalue weighted by atomic mass is 9.79. The SMILES string of the molecule is CCCCN1c2ccc(C)cc2C(C)(C)C1/C=C/C1=C(Oc2ccccc2)C(=C/C=C2/N(C)c3ccc(C)cc3C2(C)C)/CC1. The number of para-hydroxylation sites is 1. The maximum absolute atomic E-state index is 6.71. The minimum atomic E-state index is -0.0674. The van der Waals surface area contributed by atoms with Crippen LogP contribution >= 0.6 is 0 Å². The van der Waals surface area contributed by atoms with E-state index in [9.17, 15) is 0 Å². The fourth-order valence-corrected chi connectivity index (χ4v) is 7.64. The van der Waals surface area contributed by atoms with Crippen molar-refractivity contribution < 1.29 is 4.74 Å². The Morgan fingerprint density at radius 3 is 2.24 bits per heavy atom. The van der Waals surface area contributed by atoms with Crippen molar-refractivity contribution >= 4 is 11.4 Å². The Labute approximate surface area is 271 Å². The van der Waals surface area contributed by atoms with Crippen LogP contribution in [-0.4, -0.2) is 19.6 Å². The Bertz CT molecular complexity index is 1700. The largest absolute Gasteiger partial charge is 0.457 e. The van der Waals surface area contributed by atoms with Crippen molar-refractivity contribution in [3.8, 4) is 5.75 Å². The Morgan fingerprint density at radius 1 is 0.844 bits per heavy atom. The molecule has 3 aromatic rings. The number of rotatable bonds is 8. The summed E-state index contributed by atoms with van der Waals surface area (Å²) in [6, 6.07) is 24.4. The van der Waals surface area contributed by atoms with Gasteiger partial charge in [-0.15, -0.1) is 0 Å². The Balaban J connectivity index is 1.37. The van der Waals surface area contributed by atoms with Crippen LogP contribution in [0.25, 0.3) is 0 Å². The van der Waals surface area contributed by atoms with Gasteiger partial charge < -0.3 is 14.5 Å². The van der Waals surface area contributed by atoms with Gasteiger partial charge in [0.15, 0.2) is 0 Å². The number of hydrogen-bond acceptors (Lipinski definition) is 3. The van der Waals surface area contributed by atoms with Crippen molar-refractivity contribution in [1.82, 2.24) is 0 Å². The molecule has 2 aliphatic heterocycles. The summed E-state index contributed by atoms with van der Waals surface area (Å²) in [5.41, 5.74) is 12.0. The number of benzene rings is 3. The average molecular weight is 599 g/mol. The van der Waals surface area contributed by atoms with Crippen molar-refractivity contribution in [1.29, 1.82) is 0 Å². The number of ether oxygens (including phenoxy) is 1. The zero-order valence-corrected chi connectivity index (χ0v) is 28.6. The van der Waals surface area contributed by atoms with Crippen LogP contribution in [0.4, 0.5) is 11.4 Å². The molecule has 0 radical (unpaired) electrons. The Morgan fingerprint density at radius 2 is 1.53 bits per heavy atom. The Kier molecular flexibility index (Phi) is 8.33. The Hall–Kier alpha value is -3.98. The molecule has 1 unspecified atom stereocenters. The van der Waals surface area contributed by atoms with Gasteiger partial charge in [-0.1, -0.05) is 113 Å². The molecule has 1 aliphatic carbocycles. The van der Waals surface area contributed by atoms with Crippen LogP contribution in [0.1, 0.15) is 82.6 Å². The highest BCUT2D eigenvalue weighted by atomic mass is 16.5. The van der Waals surface area contributed by atoms with Crippen molar-refractivity contribution in [2.24, 2.45) is 0 Å². The molecule has 3 nitrogen and oxygen atoms in total. The van der Waals surface area contributed by atoms with Crippen LogP contribution in [0.15, 0.2) is 114 Å². The van der Waals surface area contributed by atoms with Gasteiger partial charge >= 0.3 is 0 Å². The first-order valence-corrected chi connectivity index (χ1v) is 16.8. The number of nitrogens with zero attached hydrogens (tertiary/aromatic N) is 2. The highest BCUT2D eigenvalue weighted by molar-refractivity contribution is 5.71. The molecular formula is C42H50N2O. The van der Waals surface area contributed by atoms with E-state index in [4.69, 9.17) is 4.74 Å². The van der Waals surface area contributed by atoms with E-state index >= 15 is 0 Å². The van der Waals surface area contributed by atoms with E-state index in [-0.39, 0.29) is 16.9 Å². The lowest BCUT2D eigenvalue weighted by Gasteiger charge is -2.32. The fraction of sp³-hybridized carbons (Fsp3) is 0.381. The van der Waals surface area contributed by atoms with Gasteiger partial charge in [0.05, 0.1) is 6.04 Å². The molecule has 1 atom stereocenters. The summed E-state index contributed by atoms with van der Waals surface area (Å²) in [6.07, 6.45) is 13.8. The summed E-state index contributed by atoms with van der Waals surface area (Å²) in [5, 5.41) is 0. The number of anilines is 2. The molecule has 3 heteroatoms. The van der Waals surface area contributed by atoms with Gasteiger partial charge in [-0.05, 0) is 85.7 Å². The molecular weight excluding hydrogens is 548 g/mol. The van der Waals surface area contributed by atoms with Crippen LogP contribution in [0.2, 0.25) is 0 Å². The number of aryl methyl sites for hydroxylation is 2. The molecule has 0 saturated carbocycles. The number of fused-ring (bicyclic) bond motifs is 2. The molecule has 0 spiro atoms. The standard InChI is InChI=1S/C42H50N2O/c1-9-10-26-44-37-23-17-30(3)28-35(37)42(6,7)39(44)25-21-32-19-18-31(40(32)45-33-14-12-11-13-15-33)20-24-38-41(4,5)34-27-29(2)16-22-36(34)43(38)8/h11-17,20-25,27-28,39H,9-10,18-19,26H2,1-8H3/b25-21+,31-20+,38-24+. The number of allylic oxidation sites excluding steroid dienone is 6. The van der Waals surface area contributed by atoms with Crippen LogP contribution in [0.3, 0.4) is 0 Å². The molecule has 0 aromatic heterocycles. The third-order valence-electron chi connectivity index (χ3n) is 10.3. The minimum absolute atomic E-state index is 0.0142. The third-order valence-corrected chi connectivity index (χ3v) is 10.3. The first-order chi connectivity index (χ1) is 21.5. The molecule has 0 N–H and O–H groups in total. The van der Waals surface area contributed by atoms with E-state index in [1.807, 2.05) is 18.2 Å². The second-order valence-corrected chi connectivity index (χ2v) is 14.3. The summed E-state index contributed by atoms with van der Waals surface area (Å²) >= 11 is 0. The van der Waals surface area contributed by atoms with Crippen LogP contribution in [0.5, 0.6) is 5.75 Å². The van der Waals surface area contributed by atoms with Crippen molar-refractivity contribution in [3.05, 3.63) is 136 Å². The van der Waals surface area contributed by atoms with Crippen LogP contribution in [-0.2, 0) is 10.8 Å². The van der Waals surface area contributed by atoms with Gasteiger partial charge in [-0.25, -0.2) is 0 Å². The molecule has 0 amide bonds. The number of hydrogen-bond donors (Lipinski definition) is 0. The van der Waals surface area contributed by atoms with Crippen molar-refractivity contribution in [2.45, 2.75) is 91.0 Å². The van der Waals surface area contributed by atoms with Gasteiger partial charge in [0.2, 0.25) is 0 Å². The fourth-order valence-electron chi connectivity index (χ4n) is 7.64. The average Bonchev–Trinajstić information content (AvgIpc) is 3.55. The first kappa shape index (κ1) is 31.0. The molecule has 0 saturated heterocycles. The summed E-state index contributed by atoms with van der Waals surface area (Å²) in [5.74, 6) is 1.89. The summed E-state index contributed by atoms with van der Waals surface area (Å²) in [7, 11) is 2.19. The van der Waals surface area contributed by atoms with E-state index < -0.39 is 0 Å². The van der Waals surface area contributed by atoms with E-state index in [0.29, 0.717) is 0 Å².